The number of hydrogen-bond donors (Lipinski definition) is 1. The number of fused-ring (bicyclic) bond motifs is 2. The van der Waals surface area contributed by atoms with E-state index in [1.165, 1.54) is 22.1 Å². The smallest absolute Gasteiger partial charge is 0.261 e. The number of H-pyrrole nitrogens is 1. The Morgan fingerprint density at radius 2 is 2.08 bits per heavy atom. The van der Waals surface area contributed by atoms with Crippen LogP contribution in [0.2, 0.25) is 0 Å². The van der Waals surface area contributed by atoms with Gasteiger partial charge in [-0.2, -0.15) is 5.10 Å². The van der Waals surface area contributed by atoms with Crippen molar-refractivity contribution in [2.75, 3.05) is 11.4 Å². The van der Waals surface area contributed by atoms with Gasteiger partial charge in [0.2, 0.25) is 5.91 Å². The van der Waals surface area contributed by atoms with Crippen molar-refractivity contribution in [2.45, 2.75) is 19.4 Å². The van der Waals surface area contributed by atoms with Gasteiger partial charge in [0.1, 0.15) is 23.6 Å². The molecule has 1 N–H and O–H groups in total. The third kappa shape index (κ3) is 2.48. The summed E-state index contributed by atoms with van der Waals surface area (Å²) in [6.45, 7) is 0.0643. The zero-order valence-corrected chi connectivity index (χ0v) is 13.0. The van der Waals surface area contributed by atoms with Crippen molar-refractivity contribution < 1.29 is 13.6 Å². The number of carbonyl (C=O) groups is 1. The Labute approximate surface area is 139 Å². The van der Waals surface area contributed by atoms with Crippen molar-refractivity contribution in [1.82, 2.24) is 19.7 Å². The van der Waals surface area contributed by atoms with Crippen molar-refractivity contribution in [1.29, 1.82) is 0 Å². The Morgan fingerprint density at radius 1 is 1.28 bits per heavy atom. The van der Waals surface area contributed by atoms with E-state index < -0.39 is 17.5 Å². The first-order valence-corrected chi connectivity index (χ1v) is 7.72. The molecular weight excluding hydrogens is 332 g/mol. The second-order valence-electron chi connectivity index (χ2n) is 5.78. The minimum absolute atomic E-state index is 0.0153. The summed E-state index contributed by atoms with van der Waals surface area (Å²) in [5.41, 5.74) is 0.0900. The molecule has 25 heavy (non-hydrogen) atoms. The van der Waals surface area contributed by atoms with E-state index in [-0.39, 0.29) is 34.4 Å². The number of benzene rings is 1. The molecule has 0 saturated carbocycles. The molecule has 9 heteroatoms. The first-order valence-electron chi connectivity index (χ1n) is 7.72. The molecular formula is C16H13F2N5O2. The first-order chi connectivity index (χ1) is 12.1. The molecule has 1 aliphatic heterocycles. The van der Waals surface area contributed by atoms with Gasteiger partial charge in [-0.15, -0.1) is 0 Å². The van der Waals surface area contributed by atoms with Crippen LogP contribution in [0, 0.1) is 11.6 Å². The molecule has 3 heterocycles. The zero-order chi connectivity index (χ0) is 17.6. The van der Waals surface area contributed by atoms with Crippen LogP contribution in [0.15, 0.2) is 29.5 Å². The fourth-order valence-electron chi connectivity index (χ4n) is 3.12. The molecule has 0 saturated heterocycles. The summed E-state index contributed by atoms with van der Waals surface area (Å²) in [4.78, 5) is 32.0. The molecule has 1 amide bonds. The van der Waals surface area contributed by atoms with E-state index in [2.05, 4.69) is 15.1 Å². The normalized spacial score (nSPS) is 13.9. The van der Waals surface area contributed by atoms with Gasteiger partial charge in [-0.05, 0) is 25.0 Å². The number of amides is 1. The van der Waals surface area contributed by atoms with Gasteiger partial charge in [0, 0.05) is 12.1 Å². The molecule has 0 unspecified atom stereocenters. The number of nitrogens with one attached hydrogen (secondary N) is 1. The molecule has 7 nitrogen and oxygen atoms in total. The third-order valence-electron chi connectivity index (χ3n) is 4.28. The number of rotatable bonds is 2. The van der Waals surface area contributed by atoms with Crippen LogP contribution in [0.5, 0.6) is 0 Å². The lowest BCUT2D eigenvalue weighted by atomic mass is 10.0. The average molecular weight is 345 g/mol. The number of aromatic amines is 1. The SMILES string of the molecule is O=C(Cn1ncc2c(=O)[nH]cnc21)N1CCCc2c(F)ccc(F)c21. The summed E-state index contributed by atoms with van der Waals surface area (Å²) in [7, 11) is 0. The summed E-state index contributed by atoms with van der Waals surface area (Å²) in [5.74, 6) is -1.60. The summed E-state index contributed by atoms with van der Waals surface area (Å²) in [5, 5.41) is 4.26. The zero-order valence-electron chi connectivity index (χ0n) is 13.0. The van der Waals surface area contributed by atoms with Crippen molar-refractivity contribution in [3.63, 3.8) is 0 Å². The van der Waals surface area contributed by atoms with Crippen molar-refractivity contribution >= 4 is 22.6 Å². The van der Waals surface area contributed by atoms with E-state index in [4.69, 9.17) is 0 Å². The van der Waals surface area contributed by atoms with Gasteiger partial charge < -0.3 is 9.88 Å². The number of carbonyl (C=O) groups excluding carboxylic acids is 1. The summed E-state index contributed by atoms with van der Waals surface area (Å²) in [6, 6.07) is 2.09. The van der Waals surface area contributed by atoms with E-state index in [0.717, 1.165) is 12.1 Å². The Kier molecular flexibility index (Phi) is 3.56. The second kappa shape index (κ2) is 5.76. The molecule has 1 aliphatic rings. The standard InChI is InChI=1S/C16H13F2N5O2/c17-11-3-4-12(18)14-9(11)2-1-5-22(14)13(24)7-23-15-10(6-21-23)16(25)20-8-19-15/h3-4,6,8H,1-2,5,7H2,(H,19,20,25). The van der Waals surface area contributed by atoms with Gasteiger partial charge >= 0.3 is 0 Å². The molecule has 0 fully saturated rings. The van der Waals surface area contributed by atoms with Gasteiger partial charge in [-0.25, -0.2) is 18.4 Å². The van der Waals surface area contributed by atoms with Gasteiger partial charge in [0.15, 0.2) is 5.65 Å². The van der Waals surface area contributed by atoms with E-state index in [1.807, 2.05) is 0 Å². The maximum atomic E-state index is 14.2. The Balaban J connectivity index is 1.70. The summed E-state index contributed by atoms with van der Waals surface area (Å²) >= 11 is 0. The molecule has 1 aromatic carbocycles. The molecule has 2 aromatic heterocycles. The maximum absolute atomic E-state index is 14.2. The van der Waals surface area contributed by atoms with Crippen LogP contribution in [0.3, 0.4) is 0 Å². The van der Waals surface area contributed by atoms with Crippen LogP contribution in [-0.4, -0.2) is 32.2 Å². The Hall–Kier alpha value is -3.10. The third-order valence-corrected chi connectivity index (χ3v) is 4.28. The molecule has 0 aliphatic carbocycles. The highest BCUT2D eigenvalue weighted by Crippen LogP contribution is 2.32. The lowest BCUT2D eigenvalue weighted by molar-refractivity contribution is -0.119. The molecule has 0 spiro atoms. The molecule has 0 atom stereocenters. The highest BCUT2D eigenvalue weighted by Gasteiger charge is 2.28. The first kappa shape index (κ1) is 15.4. The predicted molar refractivity (Wildman–Crippen MR) is 85.2 cm³/mol. The van der Waals surface area contributed by atoms with Gasteiger partial charge in [-0.1, -0.05) is 0 Å². The topological polar surface area (TPSA) is 83.9 Å². The van der Waals surface area contributed by atoms with Gasteiger partial charge in [-0.3, -0.25) is 9.59 Å². The van der Waals surface area contributed by atoms with Gasteiger partial charge in [0.25, 0.3) is 5.56 Å². The van der Waals surface area contributed by atoms with E-state index in [9.17, 15) is 18.4 Å². The summed E-state index contributed by atoms with van der Waals surface area (Å²) in [6.07, 6.45) is 3.46. The van der Waals surface area contributed by atoms with Gasteiger partial charge in [0.05, 0.1) is 18.2 Å². The number of hydrogen-bond acceptors (Lipinski definition) is 4. The van der Waals surface area contributed by atoms with Crippen LogP contribution in [0.25, 0.3) is 11.0 Å². The average Bonchev–Trinajstić information content (AvgIpc) is 3.02. The lowest BCUT2D eigenvalue weighted by Gasteiger charge is -2.30. The maximum Gasteiger partial charge on any atom is 0.261 e. The predicted octanol–water partition coefficient (Wildman–Crippen LogP) is 1.38. The quantitative estimate of drug-likeness (QED) is 0.760. The minimum atomic E-state index is -0.635. The molecule has 0 radical (unpaired) electrons. The Morgan fingerprint density at radius 3 is 2.92 bits per heavy atom. The van der Waals surface area contributed by atoms with Crippen molar-refractivity contribution in [3.05, 3.63) is 52.2 Å². The highest BCUT2D eigenvalue weighted by molar-refractivity contribution is 5.95. The lowest BCUT2D eigenvalue weighted by Crippen LogP contribution is -2.39. The fraction of sp³-hybridized carbons (Fsp3) is 0.250. The van der Waals surface area contributed by atoms with Crippen LogP contribution < -0.4 is 10.5 Å². The van der Waals surface area contributed by atoms with Crippen LogP contribution in [0.1, 0.15) is 12.0 Å². The van der Waals surface area contributed by atoms with Crippen LogP contribution in [-0.2, 0) is 17.8 Å². The fourth-order valence-corrected chi connectivity index (χ4v) is 3.12. The molecule has 128 valence electrons. The number of halogens is 2. The summed E-state index contributed by atoms with van der Waals surface area (Å²) < 4.78 is 29.4. The van der Waals surface area contributed by atoms with Crippen molar-refractivity contribution in [2.24, 2.45) is 0 Å². The minimum Gasteiger partial charge on any atom is -0.312 e. The molecule has 3 aromatic rings. The van der Waals surface area contributed by atoms with E-state index >= 15 is 0 Å². The monoisotopic (exact) mass is 345 g/mol. The highest BCUT2D eigenvalue weighted by atomic mass is 19.1. The largest absolute Gasteiger partial charge is 0.312 e. The van der Waals surface area contributed by atoms with Crippen LogP contribution in [0.4, 0.5) is 14.5 Å². The number of aromatic nitrogens is 4. The van der Waals surface area contributed by atoms with E-state index in [1.54, 1.807) is 0 Å². The van der Waals surface area contributed by atoms with E-state index in [0.29, 0.717) is 19.4 Å². The number of anilines is 1. The molecule has 0 bridgehead atoms. The van der Waals surface area contributed by atoms with Crippen molar-refractivity contribution in [3.8, 4) is 0 Å². The molecule has 4 rings (SSSR count). The second-order valence-corrected chi connectivity index (χ2v) is 5.78. The number of nitrogens with zero attached hydrogens (tertiary/aromatic N) is 4. The Bertz CT molecular complexity index is 1040. The van der Waals surface area contributed by atoms with Crippen LogP contribution >= 0.6 is 0 Å².